The molecule has 23 nitrogen and oxygen atoms in total. The first-order valence-corrected chi connectivity index (χ1v) is 22.4. The summed E-state index contributed by atoms with van der Waals surface area (Å²) in [6.45, 7) is 8.36. The fourth-order valence-corrected chi connectivity index (χ4v) is 8.21. The van der Waals surface area contributed by atoms with E-state index in [2.05, 4.69) is 25.4 Å². The lowest BCUT2D eigenvalue weighted by atomic mass is 10.1. The number of nitrogens with two attached hydrogens (primary N) is 2. The summed E-state index contributed by atoms with van der Waals surface area (Å²) < 4.78 is 23.2. The van der Waals surface area contributed by atoms with Crippen molar-refractivity contribution in [1.82, 2.24) is 53.6 Å². The number of imide groups is 1. The van der Waals surface area contributed by atoms with E-state index >= 15 is 0 Å². The molecule has 0 unspecified atom stereocenters. The number of oxazole rings is 1. The van der Waals surface area contributed by atoms with Crippen LogP contribution in [0.5, 0.6) is 11.5 Å². The van der Waals surface area contributed by atoms with Crippen molar-refractivity contribution in [2.24, 2.45) is 11.5 Å². The molecule has 0 atom stereocenters. The Balaban J connectivity index is 1.13. The molecule has 70 heavy (non-hydrogen) atoms. The number of hydrogen-bond donors (Lipinski definition) is 3. The molecule has 5 N–H and O–H groups in total. The van der Waals surface area contributed by atoms with Crippen LogP contribution in [0.4, 0.5) is 5.95 Å². The number of carbonyl (C=O) groups is 6. The van der Waals surface area contributed by atoms with Crippen molar-refractivity contribution in [1.29, 1.82) is 0 Å². The Kier molecular flexibility index (Phi) is 13.5. The summed E-state index contributed by atoms with van der Waals surface area (Å²) in [5, 5.41) is 8.60. The summed E-state index contributed by atoms with van der Waals surface area (Å²) in [6.07, 6.45) is 8.45. The summed E-state index contributed by atoms with van der Waals surface area (Å²) in [5.41, 5.74) is 14.1. The summed E-state index contributed by atoms with van der Waals surface area (Å²) in [4.78, 5) is 102. The van der Waals surface area contributed by atoms with Crippen molar-refractivity contribution in [2.75, 3.05) is 39.2 Å². The van der Waals surface area contributed by atoms with Gasteiger partial charge >= 0.3 is 0 Å². The maximum absolute atomic E-state index is 13.9. The van der Waals surface area contributed by atoms with Gasteiger partial charge in [-0.25, -0.2) is 29.6 Å². The minimum atomic E-state index is -0.742. The number of hydrogen-bond acceptors (Lipinski definition) is 15. The molecule has 0 fully saturated rings. The van der Waals surface area contributed by atoms with Crippen molar-refractivity contribution in [2.45, 2.75) is 66.6 Å². The Labute approximate surface area is 399 Å². The highest BCUT2D eigenvalue weighted by atomic mass is 16.5. The Hall–Kier alpha value is -8.76. The molecular formula is C47H50N14O9. The Morgan fingerprint density at radius 3 is 2.26 bits per heavy atom. The predicted molar refractivity (Wildman–Crippen MR) is 254 cm³/mol. The molecule has 362 valence electrons. The van der Waals surface area contributed by atoms with Crippen LogP contribution in [0.3, 0.4) is 0 Å². The van der Waals surface area contributed by atoms with Gasteiger partial charge in [0.05, 0.1) is 30.4 Å². The third-order valence-electron chi connectivity index (χ3n) is 11.6. The molecule has 0 bridgehead atoms. The number of nitrogens with zero attached hydrogens (tertiary/aromatic N) is 11. The lowest BCUT2D eigenvalue weighted by molar-refractivity contribution is -0.138. The third kappa shape index (κ3) is 9.40. The van der Waals surface area contributed by atoms with E-state index in [4.69, 9.17) is 35.3 Å². The number of benzene rings is 2. The molecular weight excluding hydrogens is 905 g/mol. The standard InChI is InChI=1S/C47H50N14O9/c1-7-31-40(70-26(4)52-31)46(67)55-47-53-32-21-28(42(49)66)23-34(69-19-11-15-57(5)35(62)14-18-58-36(63)12-13-37(58)64)39(32)60(47)17-10-9-16-59-38-29(20-27(41(48)65)22-33(38)68-6)30-24-50-43(54-44(30)59)45-51-25(3)56-61(45)8-2/h9-10,12-13,20-24H,7-8,11,14-19H2,1-6H3,(H2,48,65)(H2,49,66)(H,53,55,67)/b10-9+. The van der Waals surface area contributed by atoms with Crippen LogP contribution < -0.4 is 26.3 Å². The Bertz CT molecular complexity index is 3300. The van der Waals surface area contributed by atoms with E-state index in [1.807, 2.05) is 30.6 Å². The number of nitrogens with one attached hydrogen (secondary N) is 1. The molecule has 5 aromatic heterocycles. The zero-order valence-corrected chi connectivity index (χ0v) is 39.3. The number of amides is 6. The van der Waals surface area contributed by atoms with Gasteiger partial charge in [-0.1, -0.05) is 19.1 Å². The van der Waals surface area contributed by atoms with E-state index in [9.17, 15) is 28.8 Å². The van der Waals surface area contributed by atoms with Crippen LogP contribution in [0.15, 0.2) is 59.2 Å². The topological polar surface area (TPSA) is 297 Å². The van der Waals surface area contributed by atoms with Gasteiger partial charge in [0.1, 0.15) is 28.5 Å². The van der Waals surface area contributed by atoms with Crippen LogP contribution in [0.2, 0.25) is 0 Å². The average molecular weight is 955 g/mol. The second-order valence-corrected chi connectivity index (χ2v) is 16.2. The minimum Gasteiger partial charge on any atom is -0.495 e. The molecule has 7 aromatic rings. The number of allylic oxidation sites excluding steroid dienone is 2. The Morgan fingerprint density at radius 2 is 1.57 bits per heavy atom. The van der Waals surface area contributed by atoms with E-state index < -0.39 is 29.5 Å². The predicted octanol–water partition coefficient (Wildman–Crippen LogP) is 3.64. The van der Waals surface area contributed by atoms with Crippen LogP contribution >= 0.6 is 0 Å². The van der Waals surface area contributed by atoms with Crippen molar-refractivity contribution in [3.8, 4) is 23.1 Å². The monoisotopic (exact) mass is 954 g/mol. The van der Waals surface area contributed by atoms with Crippen LogP contribution in [0, 0.1) is 13.8 Å². The second kappa shape index (κ2) is 19.8. The summed E-state index contributed by atoms with van der Waals surface area (Å²) in [5.74, 6) is -0.789. The van der Waals surface area contributed by atoms with E-state index in [1.165, 1.54) is 36.3 Å². The van der Waals surface area contributed by atoms with E-state index in [0.717, 1.165) is 4.90 Å². The van der Waals surface area contributed by atoms with Gasteiger partial charge in [-0.15, -0.1) is 0 Å². The highest BCUT2D eigenvalue weighted by Crippen LogP contribution is 2.37. The summed E-state index contributed by atoms with van der Waals surface area (Å²) >= 11 is 0. The van der Waals surface area contributed by atoms with Crippen molar-refractivity contribution < 1.29 is 42.7 Å². The Morgan fingerprint density at radius 1 is 0.871 bits per heavy atom. The first-order valence-electron chi connectivity index (χ1n) is 22.4. The number of fused-ring (bicyclic) bond motifs is 4. The third-order valence-corrected chi connectivity index (χ3v) is 11.6. The highest BCUT2D eigenvalue weighted by molar-refractivity contribution is 6.13. The average Bonchev–Trinajstić information content (AvgIpc) is 4.16. The zero-order valence-electron chi connectivity index (χ0n) is 39.3. The smallest absolute Gasteiger partial charge is 0.295 e. The number of primary amides is 2. The minimum absolute atomic E-state index is 0.0194. The van der Waals surface area contributed by atoms with Crippen molar-refractivity contribution in [3.05, 3.63) is 89.1 Å². The molecule has 8 rings (SSSR count). The van der Waals surface area contributed by atoms with Crippen LogP contribution in [-0.2, 0) is 40.4 Å². The fourth-order valence-electron chi connectivity index (χ4n) is 8.21. The number of methoxy groups -OCH3 is 1. The van der Waals surface area contributed by atoms with E-state index in [1.54, 1.807) is 48.5 Å². The van der Waals surface area contributed by atoms with E-state index in [0.29, 0.717) is 81.6 Å². The quantitative estimate of drug-likeness (QED) is 0.0558. The normalized spacial score (nSPS) is 12.6. The largest absolute Gasteiger partial charge is 0.495 e. The molecule has 0 saturated carbocycles. The molecule has 6 heterocycles. The van der Waals surface area contributed by atoms with Gasteiger partial charge < -0.3 is 39.4 Å². The number of carbonyl (C=O) groups excluding carboxylic acids is 6. The van der Waals surface area contributed by atoms with Gasteiger partial charge in [0.2, 0.25) is 29.4 Å². The number of rotatable bonds is 20. The molecule has 0 aliphatic carbocycles. The van der Waals surface area contributed by atoms with Gasteiger partial charge in [0.15, 0.2) is 17.5 Å². The maximum Gasteiger partial charge on any atom is 0.295 e. The number of aryl methyl sites for hydroxylation is 4. The SMILES string of the molecule is CCc1nc(C)oc1C(=O)Nc1nc2cc(C(N)=O)cc(OCCCN(C)C(=O)CCN3C(=O)C=CC3=O)c2n1C/C=C/Cn1c2nc(-c3nc(C)nn3CC)ncc2c2cc(C(N)=O)cc(OC)c21. The highest BCUT2D eigenvalue weighted by Gasteiger charge is 2.26. The molecule has 1 aliphatic rings. The first kappa shape index (κ1) is 47.7. The summed E-state index contributed by atoms with van der Waals surface area (Å²) in [6, 6.07) is 6.23. The molecule has 1 aliphatic heterocycles. The molecule has 23 heteroatoms. The molecule has 6 amide bonds. The van der Waals surface area contributed by atoms with Crippen LogP contribution in [0.25, 0.3) is 44.6 Å². The number of imidazole rings is 1. The zero-order chi connectivity index (χ0) is 50.0. The number of aromatic nitrogens is 9. The van der Waals surface area contributed by atoms with Crippen LogP contribution in [-0.4, -0.2) is 123 Å². The molecule has 0 saturated heterocycles. The van der Waals surface area contributed by atoms with Gasteiger partial charge in [0, 0.05) is 93.4 Å². The lowest BCUT2D eigenvalue weighted by Gasteiger charge is -2.19. The van der Waals surface area contributed by atoms with E-state index in [-0.39, 0.29) is 79.2 Å². The summed E-state index contributed by atoms with van der Waals surface area (Å²) in [7, 11) is 3.10. The second-order valence-electron chi connectivity index (χ2n) is 16.2. The molecule has 2 aromatic carbocycles. The maximum atomic E-state index is 13.9. The van der Waals surface area contributed by atoms with Crippen LogP contribution in [0.1, 0.15) is 75.4 Å². The van der Waals surface area contributed by atoms with Gasteiger partial charge in [-0.05, 0) is 51.0 Å². The van der Waals surface area contributed by atoms with Crippen molar-refractivity contribution >= 4 is 74.4 Å². The molecule has 0 radical (unpaired) electrons. The van der Waals surface area contributed by atoms with Gasteiger partial charge in [-0.3, -0.25) is 39.0 Å². The lowest BCUT2D eigenvalue weighted by Crippen LogP contribution is -2.36. The molecule has 0 spiro atoms. The fraction of sp³-hybridized carbons (Fsp3) is 0.319. The van der Waals surface area contributed by atoms with Gasteiger partial charge in [0.25, 0.3) is 17.7 Å². The number of anilines is 1. The number of ether oxygens (including phenoxy) is 2. The van der Waals surface area contributed by atoms with Crippen molar-refractivity contribution in [3.63, 3.8) is 0 Å². The first-order chi connectivity index (χ1) is 33.6. The van der Waals surface area contributed by atoms with Gasteiger partial charge in [-0.2, -0.15) is 5.10 Å².